The average molecular weight is 195 g/mol. The monoisotopic (exact) mass is 195 g/mol. The first-order valence-electron chi connectivity index (χ1n) is 4.72. The summed E-state index contributed by atoms with van der Waals surface area (Å²) in [5.41, 5.74) is 5.59. The van der Waals surface area contributed by atoms with Gasteiger partial charge in [0.05, 0.1) is 6.54 Å². The predicted molar refractivity (Wildman–Crippen MR) is 55.9 cm³/mol. The third-order valence-corrected chi connectivity index (χ3v) is 2.06. The van der Waals surface area contributed by atoms with E-state index in [9.17, 15) is 0 Å². The lowest BCUT2D eigenvalue weighted by atomic mass is 10.1. The van der Waals surface area contributed by atoms with E-state index < -0.39 is 0 Å². The number of nitrogens with one attached hydrogen (secondary N) is 1. The van der Waals surface area contributed by atoms with Crippen molar-refractivity contribution in [1.82, 2.24) is 5.48 Å². The summed E-state index contributed by atoms with van der Waals surface area (Å²) in [5.74, 6) is 0.922. The van der Waals surface area contributed by atoms with E-state index in [1.165, 1.54) is 5.56 Å². The van der Waals surface area contributed by atoms with Gasteiger partial charge in [-0.05, 0) is 31.9 Å². The molecule has 0 aromatic heterocycles. The number of hydrogen-bond acceptors (Lipinski definition) is 3. The van der Waals surface area contributed by atoms with Crippen molar-refractivity contribution in [3.8, 4) is 5.75 Å². The smallest absolute Gasteiger partial charge is 0.125 e. The molecule has 0 bridgehead atoms. The molecule has 0 aliphatic rings. The number of rotatable bonds is 4. The van der Waals surface area contributed by atoms with Crippen LogP contribution in [0.25, 0.3) is 0 Å². The highest BCUT2D eigenvalue weighted by molar-refractivity contribution is 5.42. The summed E-state index contributed by atoms with van der Waals surface area (Å²) in [6, 6.07) is 4.18. The molecule has 3 heteroatoms. The largest absolute Gasteiger partial charge is 0.492 e. The van der Waals surface area contributed by atoms with Gasteiger partial charge in [-0.2, -0.15) is 0 Å². The van der Waals surface area contributed by atoms with Crippen LogP contribution in [-0.4, -0.2) is 18.4 Å². The second kappa shape index (κ2) is 4.98. The topological polar surface area (TPSA) is 41.5 Å². The molecule has 0 aliphatic carbocycles. The van der Waals surface area contributed by atoms with E-state index in [1.807, 2.05) is 13.8 Å². The van der Waals surface area contributed by atoms with Crippen molar-refractivity contribution in [2.24, 2.45) is 0 Å². The van der Waals surface area contributed by atoms with Crippen molar-refractivity contribution < 1.29 is 9.94 Å². The Balaban J connectivity index is 2.75. The SMILES string of the molecule is Cc1cc(C)c(OCCNO)c(C)c1. The first kappa shape index (κ1) is 11.0. The second-order valence-corrected chi connectivity index (χ2v) is 3.48. The van der Waals surface area contributed by atoms with Crippen molar-refractivity contribution in [3.05, 3.63) is 28.8 Å². The molecule has 1 aromatic carbocycles. The molecule has 0 amide bonds. The highest BCUT2D eigenvalue weighted by atomic mass is 16.5. The van der Waals surface area contributed by atoms with Crippen molar-refractivity contribution in [3.63, 3.8) is 0 Å². The van der Waals surface area contributed by atoms with Crippen LogP contribution in [0.2, 0.25) is 0 Å². The van der Waals surface area contributed by atoms with E-state index in [0.717, 1.165) is 16.9 Å². The van der Waals surface area contributed by atoms with Crippen LogP contribution in [0.15, 0.2) is 12.1 Å². The zero-order valence-corrected chi connectivity index (χ0v) is 8.92. The minimum Gasteiger partial charge on any atom is -0.492 e. The second-order valence-electron chi connectivity index (χ2n) is 3.48. The van der Waals surface area contributed by atoms with Crippen molar-refractivity contribution in [2.45, 2.75) is 20.8 Å². The maximum Gasteiger partial charge on any atom is 0.125 e. The Bertz CT molecular complexity index is 287. The Morgan fingerprint density at radius 1 is 1.21 bits per heavy atom. The van der Waals surface area contributed by atoms with Gasteiger partial charge in [-0.15, -0.1) is 0 Å². The van der Waals surface area contributed by atoms with Crippen LogP contribution < -0.4 is 10.2 Å². The fraction of sp³-hybridized carbons (Fsp3) is 0.455. The highest BCUT2D eigenvalue weighted by Gasteiger charge is 2.04. The summed E-state index contributed by atoms with van der Waals surface area (Å²) in [6.45, 7) is 7.04. The van der Waals surface area contributed by atoms with E-state index in [4.69, 9.17) is 9.94 Å². The standard InChI is InChI=1S/C11H17NO2/c1-8-6-9(2)11(10(3)7-8)14-5-4-12-13/h6-7,12-13H,4-5H2,1-3H3. The molecule has 0 unspecified atom stereocenters. The van der Waals surface area contributed by atoms with E-state index in [1.54, 1.807) is 0 Å². The number of hydrogen-bond donors (Lipinski definition) is 2. The van der Waals surface area contributed by atoms with Gasteiger partial charge in [-0.25, -0.2) is 5.48 Å². The van der Waals surface area contributed by atoms with E-state index >= 15 is 0 Å². The van der Waals surface area contributed by atoms with Gasteiger partial charge < -0.3 is 9.94 Å². The maximum absolute atomic E-state index is 8.40. The summed E-state index contributed by atoms with van der Waals surface area (Å²) in [4.78, 5) is 0. The molecule has 0 atom stereocenters. The molecule has 0 aliphatic heterocycles. The lowest BCUT2D eigenvalue weighted by molar-refractivity contribution is 0.145. The molecule has 0 spiro atoms. The van der Waals surface area contributed by atoms with Gasteiger partial charge >= 0.3 is 0 Å². The summed E-state index contributed by atoms with van der Waals surface area (Å²) < 4.78 is 5.54. The molecule has 0 radical (unpaired) electrons. The molecule has 0 saturated heterocycles. The normalized spacial score (nSPS) is 10.3. The number of aryl methyl sites for hydroxylation is 3. The fourth-order valence-corrected chi connectivity index (χ4v) is 1.59. The molecule has 0 saturated carbocycles. The Kier molecular flexibility index (Phi) is 3.92. The van der Waals surface area contributed by atoms with Gasteiger partial charge in [0.25, 0.3) is 0 Å². The van der Waals surface area contributed by atoms with Gasteiger partial charge in [-0.3, -0.25) is 0 Å². The summed E-state index contributed by atoms with van der Waals surface area (Å²) in [6.07, 6.45) is 0. The van der Waals surface area contributed by atoms with Gasteiger partial charge in [0, 0.05) is 0 Å². The number of hydroxylamine groups is 1. The lowest BCUT2D eigenvalue weighted by Crippen LogP contribution is -2.17. The van der Waals surface area contributed by atoms with E-state index in [0.29, 0.717) is 13.2 Å². The molecule has 2 N–H and O–H groups in total. The molecule has 3 nitrogen and oxygen atoms in total. The van der Waals surface area contributed by atoms with Crippen LogP contribution >= 0.6 is 0 Å². The zero-order valence-electron chi connectivity index (χ0n) is 8.92. The summed E-state index contributed by atoms with van der Waals surface area (Å²) in [5, 5.41) is 8.40. The molecule has 1 rings (SSSR count). The summed E-state index contributed by atoms with van der Waals surface area (Å²) in [7, 11) is 0. The number of benzene rings is 1. The Morgan fingerprint density at radius 3 is 2.29 bits per heavy atom. The maximum atomic E-state index is 8.40. The van der Waals surface area contributed by atoms with Gasteiger partial charge in [0.2, 0.25) is 0 Å². The quantitative estimate of drug-likeness (QED) is 0.570. The average Bonchev–Trinajstić information content (AvgIpc) is 2.09. The number of ether oxygens (including phenoxy) is 1. The molecule has 14 heavy (non-hydrogen) atoms. The Hall–Kier alpha value is -1.06. The third kappa shape index (κ3) is 2.72. The first-order chi connectivity index (χ1) is 6.65. The van der Waals surface area contributed by atoms with Crippen LogP contribution in [0.1, 0.15) is 16.7 Å². The van der Waals surface area contributed by atoms with Crippen molar-refractivity contribution in [2.75, 3.05) is 13.2 Å². The lowest BCUT2D eigenvalue weighted by Gasteiger charge is -2.12. The molecule has 0 heterocycles. The summed E-state index contributed by atoms with van der Waals surface area (Å²) >= 11 is 0. The fourth-order valence-electron chi connectivity index (χ4n) is 1.59. The minimum atomic E-state index is 0.437. The van der Waals surface area contributed by atoms with Crippen molar-refractivity contribution >= 4 is 0 Å². The van der Waals surface area contributed by atoms with E-state index in [-0.39, 0.29) is 0 Å². The highest BCUT2D eigenvalue weighted by Crippen LogP contribution is 2.24. The molecule has 0 fully saturated rings. The van der Waals surface area contributed by atoms with Crippen LogP contribution in [0.3, 0.4) is 0 Å². The molecule has 78 valence electrons. The van der Waals surface area contributed by atoms with Crippen LogP contribution in [-0.2, 0) is 0 Å². The van der Waals surface area contributed by atoms with Gasteiger partial charge in [-0.1, -0.05) is 17.7 Å². The molecular formula is C11H17NO2. The van der Waals surface area contributed by atoms with Crippen LogP contribution in [0.4, 0.5) is 0 Å². The Labute approximate surface area is 84.7 Å². The van der Waals surface area contributed by atoms with Crippen LogP contribution in [0.5, 0.6) is 5.75 Å². The van der Waals surface area contributed by atoms with Crippen LogP contribution in [0, 0.1) is 20.8 Å². The van der Waals surface area contributed by atoms with Gasteiger partial charge in [0.1, 0.15) is 12.4 Å². The van der Waals surface area contributed by atoms with Gasteiger partial charge in [0.15, 0.2) is 0 Å². The molecular weight excluding hydrogens is 178 g/mol. The molecule has 1 aromatic rings. The first-order valence-corrected chi connectivity index (χ1v) is 4.72. The Morgan fingerprint density at radius 2 is 1.79 bits per heavy atom. The van der Waals surface area contributed by atoms with E-state index in [2.05, 4.69) is 24.5 Å². The van der Waals surface area contributed by atoms with Crippen molar-refractivity contribution in [1.29, 1.82) is 0 Å². The minimum absolute atomic E-state index is 0.437. The zero-order chi connectivity index (χ0) is 10.6. The predicted octanol–water partition coefficient (Wildman–Crippen LogP) is 1.97. The third-order valence-electron chi connectivity index (χ3n) is 2.06.